The molecule has 0 aromatic carbocycles. The molecule has 0 amide bonds. The standard InChI is InChI=1S/C20H27F2NO5S/c1-2-3-8-20(21,22)17(25)7-5-11-12-4-6-15(28-16(12)9-14(11)24)18-23-13(10-29-18)19(26)27/h5,7,10-12,14-17,24-25H,2-4,6,8-9H2,1H3,(H,26,27)/b7-5+/t11-,12-,14-,15-,16+,17?/m1/s1. The Morgan fingerprint density at radius 1 is 1.48 bits per heavy atom. The Balaban J connectivity index is 1.62. The van der Waals surface area contributed by atoms with Gasteiger partial charge in [-0.25, -0.2) is 18.6 Å². The molecule has 3 N–H and O–H groups in total. The zero-order valence-electron chi connectivity index (χ0n) is 16.2. The molecule has 1 aliphatic heterocycles. The number of unbranched alkanes of at least 4 members (excludes halogenated alkanes) is 1. The lowest BCUT2D eigenvalue weighted by Crippen LogP contribution is -2.33. The Morgan fingerprint density at radius 2 is 2.24 bits per heavy atom. The van der Waals surface area contributed by atoms with Crippen LogP contribution in [0.5, 0.6) is 0 Å². The van der Waals surface area contributed by atoms with Crippen molar-refractivity contribution in [3.05, 3.63) is 28.2 Å². The van der Waals surface area contributed by atoms with Gasteiger partial charge in [-0.15, -0.1) is 11.3 Å². The minimum absolute atomic E-state index is 0.0130. The van der Waals surface area contributed by atoms with Crippen molar-refractivity contribution in [1.82, 2.24) is 4.98 Å². The van der Waals surface area contributed by atoms with Crippen LogP contribution in [0.1, 0.15) is 67.0 Å². The van der Waals surface area contributed by atoms with Crippen molar-refractivity contribution < 1.29 is 33.6 Å². The van der Waals surface area contributed by atoms with E-state index in [1.54, 1.807) is 0 Å². The molecule has 29 heavy (non-hydrogen) atoms. The van der Waals surface area contributed by atoms with E-state index in [-0.39, 0.29) is 36.2 Å². The predicted molar refractivity (Wildman–Crippen MR) is 103 cm³/mol. The summed E-state index contributed by atoms with van der Waals surface area (Å²) in [4.78, 5) is 15.1. The monoisotopic (exact) mass is 431 g/mol. The van der Waals surface area contributed by atoms with Crippen LogP contribution in [0.25, 0.3) is 0 Å². The molecule has 1 unspecified atom stereocenters. The van der Waals surface area contributed by atoms with Crippen LogP contribution in [0.2, 0.25) is 0 Å². The molecule has 0 spiro atoms. The number of nitrogens with zero attached hydrogens (tertiary/aromatic N) is 1. The number of halogens is 2. The summed E-state index contributed by atoms with van der Waals surface area (Å²) in [5, 5.41) is 31.4. The maximum absolute atomic E-state index is 14.0. The molecule has 2 heterocycles. The molecule has 2 fully saturated rings. The number of carboxylic acids is 1. The first kappa shape index (κ1) is 22.3. The molecule has 2 aliphatic rings. The SMILES string of the molecule is CCCCC(F)(F)C(O)/C=C/[C@@H]1[C@H]2CC[C@H](c3nc(C(=O)O)cs3)O[C@H]2C[C@H]1O. The van der Waals surface area contributed by atoms with Gasteiger partial charge in [0.15, 0.2) is 5.69 Å². The van der Waals surface area contributed by atoms with Crippen molar-refractivity contribution >= 4 is 17.3 Å². The Morgan fingerprint density at radius 3 is 2.90 bits per heavy atom. The van der Waals surface area contributed by atoms with Gasteiger partial charge < -0.3 is 20.1 Å². The van der Waals surface area contributed by atoms with Crippen LogP contribution in [0, 0.1) is 11.8 Å². The zero-order valence-corrected chi connectivity index (χ0v) is 17.0. The number of hydrogen-bond donors (Lipinski definition) is 3. The Labute approximate surface area is 172 Å². The minimum atomic E-state index is -3.18. The van der Waals surface area contributed by atoms with E-state index in [0.717, 1.165) is 6.08 Å². The lowest BCUT2D eigenvalue weighted by atomic mass is 9.86. The van der Waals surface area contributed by atoms with Crippen molar-refractivity contribution in [2.45, 2.75) is 75.8 Å². The molecule has 0 radical (unpaired) electrons. The predicted octanol–water partition coefficient (Wildman–Crippen LogP) is 3.80. The van der Waals surface area contributed by atoms with Gasteiger partial charge in [0.05, 0.1) is 12.2 Å². The summed E-state index contributed by atoms with van der Waals surface area (Å²) in [6.45, 7) is 1.82. The number of carbonyl (C=O) groups is 1. The Kier molecular flexibility index (Phi) is 7.03. The van der Waals surface area contributed by atoms with Gasteiger partial charge in [0.25, 0.3) is 5.92 Å². The van der Waals surface area contributed by atoms with Crippen LogP contribution in [0.3, 0.4) is 0 Å². The number of aliphatic hydroxyl groups is 2. The number of carboxylic acid groups (broad SMARTS) is 1. The molecule has 0 bridgehead atoms. The van der Waals surface area contributed by atoms with Gasteiger partial charge in [0.1, 0.15) is 17.2 Å². The van der Waals surface area contributed by atoms with E-state index in [9.17, 15) is 23.8 Å². The third-order valence-electron chi connectivity index (χ3n) is 5.82. The first-order valence-electron chi connectivity index (χ1n) is 9.99. The molecule has 9 heteroatoms. The molecular formula is C20H27F2NO5S. The number of aromatic nitrogens is 1. The van der Waals surface area contributed by atoms with Gasteiger partial charge >= 0.3 is 5.97 Å². The van der Waals surface area contributed by atoms with Crippen LogP contribution < -0.4 is 0 Å². The second-order valence-corrected chi connectivity index (χ2v) is 8.74. The summed E-state index contributed by atoms with van der Waals surface area (Å²) in [6, 6.07) is 0. The van der Waals surface area contributed by atoms with Crippen molar-refractivity contribution in [1.29, 1.82) is 0 Å². The molecule has 1 saturated carbocycles. The van der Waals surface area contributed by atoms with Crippen LogP contribution in [0.4, 0.5) is 8.78 Å². The van der Waals surface area contributed by atoms with Gasteiger partial charge in [0.2, 0.25) is 0 Å². The molecule has 1 saturated heterocycles. The summed E-state index contributed by atoms with van der Waals surface area (Å²) in [6.07, 6.45) is 1.71. The van der Waals surface area contributed by atoms with Crippen LogP contribution in [-0.4, -0.2) is 50.5 Å². The number of rotatable bonds is 8. The van der Waals surface area contributed by atoms with Gasteiger partial charge in [0, 0.05) is 24.1 Å². The summed E-state index contributed by atoms with van der Waals surface area (Å²) in [5.74, 6) is -4.66. The zero-order chi connectivity index (χ0) is 21.2. The van der Waals surface area contributed by atoms with Gasteiger partial charge in [-0.3, -0.25) is 0 Å². The topological polar surface area (TPSA) is 99.9 Å². The van der Waals surface area contributed by atoms with E-state index in [4.69, 9.17) is 9.84 Å². The van der Waals surface area contributed by atoms with E-state index >= 15 is 0 Å². The minimum Gasteiger partial charge on any atom is -0.476 e. The average molecular weight is 432 g/mol. The highest BCUT2D eigenvalue weighted by Gasteiger charge is 2.46. The highest BCUT2D eigenvalue weighted by atomic mass is 32.1. The fourth-order valence-electron chi connectivity index (χ4n) is 4.18. The molecular weight excluding hydrogens is 404 g/mol. The van der Waals surface area contributed by atoms with Gasteiger partial charge in [-0.1, -0.05) is 25.5 Å². The molecule has 1 aliphatic carbocycles. The number of alkyl halides is 2. The fourth-order valence-corrected chi connectivity index (χ4v) is 5.04. The quantitative estimate of drug-likeness (QED) is 0.542. The van der Waals surface area contributed by atoms with E-state index < -0.39 is 24.1 Å². The first-order chi connectivity index (χ1) is 13.7. The summed E-state index contributed by atoms with van der Waals surface area (Å²) in [5.41, 5.74) is -0.0130. The summed E-state index contributed by atoms with van der Waals surface area (Å²) >= 11 is 1.23. The second-order valence-electron chi connectivity index (χ2n) is 7.86. The third-order valence-corrected chi connectivity index (χ3v) is 6.76. The lowest BCUT2D eigenvalue weighted by molar-refractivity contribution is -0.0934. The smallest absolute Gasteiger partial charge is 0.355 e. The summed E-state index contributed by atoms with van der Waals surface area (Å²) < 4.78 is 34.0. The summed E-state index contributed by atoms with van der Waals surface area (Å²) in [7, 11) is 0. The molecule has 3 rings (SSSR count). The third kappa shape index (κ3) is 5.02. The van der Waals surface area contributed by atoms with Gasteiger partial charge in [-0.2, -0.15) is 0 Å². The number of fused-ring (bicyclic) bond motifs is 1. The highest BCUT2D eigenvalue weighted by molar-refractivity contribution is 7.09. The Hall–Kier alpha value is -1.42. The molecule has 1 aromatic heterocycles. The number of ether oxygens (including phenoxy) is 1. The van der Waals surface area contributed by atoms with E-state index in [2.05, 4.69) is 4.98 Å². The highest BCUT2D eigenvalue weighted by Crippen LogP contribution is 2.46. The van der Waals surface area contributed by atoms with E-state index in [0.29, 0.717) is 37.1 Å². The van der Waals surface area contributed by atoms with Crippen LogP contribution in [-0.2, 0) is 4.74 Å². The molecule has 162 valence electrons. The van der Waals surface area contributed by atoms with Crippen molar-refractivity contribution in [2.24, 2.45) is 11.8 Å². The average Bonchev–Trinajstić information content (AvgIpc) is 3.28. The number of aliphatic hydroxyl groups excluding tert-OH is 2. The van der Waals surface area contributed by atoms with E-state index in [1.165, 1.54) is 22.8 Å². The number of thiazole rings is 1. The van der Waals surface area contributed by atoms with Crippen molar-refractivity contribution in [3.63, 3.8) is 0 Å². The lowest BCUT2D eigenvalue weighted by Gasteiger charge is -2.33. The van der Waals surface area contributed by atoms with E-state index in [1.807, 2.05) is 6.92 Å². The van der Waals surface area contributed by atoms with Crippen LogP contribution in [0.15, 0.2) is 17.5 Å². The fraction of sp³-hybridized carbons (Fsp3) is 0.700. The maximum atomic E-state index is 14.0. The number of aromatic carboxylic acids is 1. The van der Waals surface area contributed by atoms with Crippen LogP contribution >= 0.6 is 11.3 Å². The van der Waals surface area contributed by atoms with Gasteiger partial charge in [-0.05, 0) is 25.2 Å². The molecule has 6 nitrogen and oxygen atoms in total. The first-order valence-corrected chi connectivity index (χ1v) is 10.9. The maximum Gasteiger partial charge on any atom is 0.355 e. The van der Waals surface area contributed by atoms with Crippen molar-refractivity contribution in [2.75, 3.05) is 0 Å². The largest absolute Gasteiger partial charge is 0.476 e. The normalized spacial score (nSPS) is 31.1. The second kappa shape index (κ2) is 9.16. The Bertz CT molecular complexity index is 740. The molecule has 1 aromatic rings. The number of hydrogen-bond acceptors (Lipinski definition) is 6. The van der Waals surface area contributed by atoms with Crippen molar-refractivity contribution in [3.8, 4) is 0 Å². The molecule has 6 atom stereocenters.